The summed E-state index contributed by atoms with van der Waals surface area (Å²) in [6, 6.07) is 10.1. The smallest absolute Gasteiger partial charge is 0.272 e. The Bertz CT molecular complexity index is 584. The first-order chi connectivity index (χ1) is 8.20. The lowest BCUT2D eigenvalue weighted by Gasteiger charge is -2.04. The largest absolute Gasteiger partial charge is 0.357 e. The molecule has 0 saturated carbocycles. The highest BCUT2D eigenvalue weighted by Gasteiger charge is 2.07. The Balaban J connectivity index is 2.18. The van der Waals surface area contributed by atoms with Gasteiger partial charge in [0.1, 0.15) is 11.8 Å². The number of anilines is 1. The van der Waals surface area contributed by atoms with Crippen molar-refractivity contribution in [3.63, 3.8) is 0 Å². The van der Waals surface area contributed by atoms with E-state index in [2.05, 4.69) is 10.3 Å². The minimum Gasteiger partial charge on any atom is -0.357 e. The molecule has 0 saturated heterocycles. The second-order valence-electron chi connectivity index (χ2n) is 3.34. The molecule has 0 unspecified atom stereocenters. The maximum absolute atomic E-state index is 11.7. The summed E-state index contributed by atoms with van der Waals surface area (Å²) in [4.78, 5) is 14.5. The molecular formula is C12H8ClN3O. The van der Waals surface area contributed by atoms with E-state index in [0.717, 1.165) is 0 Å². The molecule has 1 aromatic heterocycles. The number of rotatable bonds is 2. The fourth-order valence-electron chi connectivity index (χ4n) is 1.35. The average Bonchev–Trinajstić information content (AvgIpc) is 2.82. The first kappa shape index (κ1) is 11.2. The van der Waals surface area contributed by atoms with Gasteiger partial charge in [-0.15, -0.1) is 0 Å². The van der Waals surface area contributed by atoms with Gasteiger partial charge in [-0.1, -0.05) is 11.6 Å². The Morgan fingerprint density at radius 3 is 2.82 bits per heavy atom. The van der Waals surface area contributed by atoms with Gasteiger partial charge in [-0.25, -0.2) is 0 Å². The highest BCUT2D eigenvalue weighted by Crippen LogP contribution is 2.20. The molecule has 0 fully saturated rings. The van der Waals surface area contributed by atoms with Gasteiger partial charge < -0.3 is 10.3 Å². The summed E-state index contributed by atoms with van der Waals surface area (Å²) >= 11 is 5.86. The third kappa shape index (κ3) is 2.47. The lowest BCUT2D eigenvalue weighted by molar-refractivity contribution is 0.102. The minimum absolute atomic E-state index is 0.254. The van der Waals surface area contributed by atoms with Gasteiger partial charge in [-0.05, 0) is 30.3 Å². The maximum Gasteiger partial charge on any atom is 0.272 e. The standard InChI is InChI=1S/C12H8ClN3O/c13-10-6-9(4-3-8(10)7-14)16-12(17)11-2-1-5-15-11/h1-6,15H,(H,16,17). The van der Waals surface area contributed by atoms with Gasteiger partial charge in [0.05, 0.1) is 10.6 Å². The Hall–Kier alpha value is -2.25. The summed E-state index contributed by atoms with van der Waals surface area (Å²) in [6.45, 7) is 0. The van der Waals surface area contributed by atoms with Crippen molar-refractivity contribution < 1.29 is 4.79 Å². The van der Waals surface area contributed by atoms with Crippen LogP contribution in [-0.2, 0) is 0 Å². The zero-order valence-corrected chi connectivity index (χ0v) is 9.45. The number of halogens is 1. The van der Waals surface area contributed by atoms with Crippen molar-refractivity contribution in [2.75, 3.05) is 5.32 Å². The first-order valence-electron chi connectivity index (χ1n) is 4.85. The number of carbonyl (C=O) groups excluding carboxylic acids is 1. The maximum atomic E-state index is 11.7. The third-order valence-corrected chi connectivity index (χ3v) is 2.50. The summed E-state index contributed by atoms with van der Waals surface area (Å²) in [5, 5.41) is 11.7. The fraction of sp³-hybridized carbons (Fsp3) is 0. The molecule has 84 valence electrons. The van der Waals surface area contributed by atoms with Crippen LogP contribution >= 0.6 is 11.6 Å². The van der Waals surface area contributed by atoms with Crippen LogP contribution in [0.25, 0.3) is 0 Å². The monoisotopic (exact) mass is 245 g/mol. The number of hydrogen-bond donors (Lipinski definition) is 2. The van der Waals surface area contributed by atoms with E-state index < -0.39 is 0 Å². The SMILES string of the molecule is N#Cc1ccc(NC(=O)c2ccc[nH]2)cc1Cl. The Kier molecular flexibility index (Phi) is 3.12. The molecule has 4 nitrogen and oxygen atoms in total. The summed E-state index contributed by atoms with van der Waals surface area (Å²) in [7, 11) is 0. The first-order valence-corrected chi connectivity index (χ1v) is 5.23. The molecule has 1 heterocycles. The number of nitriles is 1. The van der Waals surface area contributed by atoms with Crippen molar-refractivity contribution in [1.29, 1.82) is 5.26 Å². The molecule has 0 spiro atoms. The second kappa shape index (κ2) is 4.73. The molecular weight excluding hydrogens is 238 g/mol. The van der Waals surface area contributed by atoms with E-state index in [0.29, 0.717) is 22.0 Å². The molecule has 0 aliphatic carbocycles. The van der Waals surface area contributed by atoms with Crippen LogP contribution in [0.3, 0.4) is 0 Å². The topological polar surface area (TPSA) is 68.7 Å². The fourth-order valence-corrected chi connectivity index (χ4v) is 1.58. The minimum atomic E-state index is -0.254. The van der Waals surface area contributed by atoms with Gasteiger partial charge >= 0.3 is 0 Å². The molecule has 1 aromatic carbocycles. The van der Waals surface area contributed by atoms with Crippen LogP contribution in [0.2, 0.25) is 5.02 Å². The van der Waals surface area contributed by atoms with Crippen LogP contribution in [-0.4, -0.2) is 10.9 Å². The van der Waals surface area contributed by atoms with Gasteiger partial charge in [0.25, 0.3) is 5.91 Å². The van der Waals surface area contributed by atoms with E-state index in [1.54, 1.807) is 36.5 Å². The number of aromatic nitrogens is 1. The highest BCUT2D eigenvalue weighted by molar-refractivity contribution is 6.32. The summed E-state index contributed by atoms with van der Waals surface area (Å²) in [6.07, 6.45) is 1.67. The number of amides is 1. The third-order valence-electron chi connectivity index (χ3n) is 2.19. The number of aromatic amines is 1. The van der Waals surface area contributed by atoms with Crippen molar-refractivity contribution in [3.8, 4) is 6.07 Å². The van der Waals surface area contributed by atoms with Crippen LogP contribution in [0, 0.1) is 11.3 Å². The summed E-state index contributed by atoms with van der Waals surface area (Å²) < 4.78 is 0. The molecule has 2 aromatic rings. The number of nitrogens with one attached hydrogen (secondary N) is 2. The number of H-pyrrole nitrogens is 1. The van der Waals surface area contributed by atoms with E-state index in [1.807, 2.05) is 6.07 Å². The van der Waals surface area contributed by atoms with Crippen LogP contribution in [0.5, 0.6) is 0 Å². The number of nitrogens with zero attached hydrogens (tertiary/aromatic N) is 1. The molecule has 0 aliphatic rings. The molecule has 0 bridgehead atoms. The summed E-state index contributed by atoms with van der Waals surface area (Å²) in [5.74, 6) is -0.254. The predicted molar refractivity (Wildman–Crippen MR) is 64.9 cm³/mol. The van der Waals surface area contributed by atoms with Crippen molar-refractivity contribution in [2.45, 2.75) is 0 Å². The molecule has 17 heavy (non-hydrogen) atoms. The van der Waals surface area contributed by atoms with Crippen LogP contribution in [0.4, 0.5) is 5.69 Å². The van der Waals surface area contributed by atoms with Crippen molar-refractivity contribution >= 4 is 23.2 Å². The lowest BCUT2D eigenvalue weighted by Crippen LogP contribution is -2.12. The predicted octanol–water partition coefficient (Wildman–Crippen LogP) is 2.79. The number of benzene rings is 1. The number of hydrogen-bond acceptors (Lipinski definition) is 2. The lowest BCUT2D eigenvalue weighted by atomic mass is 10.2. The Morgan fingerprint density at radius 2 is 2.24 bits per heavy atom. The molecule has 0 aliphatic heterocycles. The normalized spacial score (nSPS) is 9.65. The van der Waals surface area contributed by atoms with Gasteiger partial charge in [0.2, 0.25) is 0 Å². The Morgan fingerprint density at radius 1 is 1.41 bits per heavy atom. The van der Waals surface area contributed by atoms with Gasteiger partial charge in [0, 0.05) is 11.9 Å². The van der Waals surface area contributed by atoms with E-state index in [1.165, 1.54) is 0 Å². The van der Waals surface area contributed by atoms with Crippen LogP contribution < -0.4 is 5.32 Å². The highest BCUT2D eigenvalue weighted by atomic mass is 35.5. The van der Waals surface area contributed by atoms with E-state index >= 15 is 0 Å². The average molecular weight is 246 g/mol. The molecule has 0 atom stereocenters. The quantitative estimate of drug-likeness (QED) is 0.854. The number of carbonyl (C=O) groups is 1. The van der Waals surface area contributed by atoms with Gasteiger partial charge in [-0.3, -0.25) is 4.79 Å². The molecule has 2 rings (SSSR count). The van der Waals surface area contributed by atoms with Crippen molar-refractivity contribution in [3.05, 3.63) is 52.8 Å². The van der Waals surface area contributed by atoms with Crippen molar-refractivity contribution in [1.82, 2.24) is 4.98 Å². The zero-order valence-electron chi connectivity index (χ0n) is 8.70. The molecule has 1 amide bonds. The molecule has 0 radical (unpaired) electrons. The van der Waals surface area contributed by atoms with Gasteiger partial charge in [0.15, 0.2) is 0 Å². The van der Waals surface area contributed by atoms with E-state index in [4.69, 9.17) is 16.9 Å². The van der Waals surface area contributed by atoms with Crippen LogP contribution in [0.15, 0.2) is 36.5 Å². The zero-order chi connectivity index (χ0) is 12.3. The van der Waals surface area contributed by atoms with Crippen LogP contribution in [0.1, 0.15) is 16.1 Å². The summed E-state index contributed by atoms with van der Waals surface area (Å²) in [5.41, 5.74) is 1.39. The molecule has 5 heteroatoms. The van der Waals surface area contributed by atoms with E-state index in [9.17, 15) is 4.79 Å². The Labute approximate surface area is 103 Å². The van der Waals surface area contributed by atoms with E-state index in [-0.39, 0.29) is 5.91 Å². The van der Waals surface area contributed by atoms with Crippen molar-refractivity contribution in [2.24, 2.45) is 0 Å². The molecule has 2 N–H and O–H groups in total. The van der Waals surface area contributed by atoms with Gasteiger partial charge in [-0.2, -0.15) is 5.26 Å². The second-order valence-corrected chi connectivity index (χ2v) is 3.75.